The van der Waals surface area contributed by atoms with E-state index < -0.39 is 10.0 Å². The van der Waals surface area contributed by atoms with Crippen molar-refractivity contribution < 1.29 is 17.9 Å². The molecule has 0 saturated heterocycles. The first-order valence-corrected chi connectivity index (χ1v) is 12.1. The summed E-state index contributed by atoms with van der Waals surface area (Å²) in [6.07, 6.45) is 1.50. The van der Waals surface area contributed by atoms with Gasteiger partial charge in [-0.1, -0.05) is 19.9 Å². The quantitative estimate of drug-likeness (QED) is 0.518. The maximum Gasteiger partial charge on any atom is 0.257 e. The average molecular weight is 464 g/mol. The van der Waals surface area contributed by atoms with Crippen molar-refractivity contribution >= 4 is 38.9 Å². The normalized spacial score (nSPS) is 11.2. The molecule has 0 aromatic heterocycles. The number of hydrogen-bond donors (Lipinski definition) is 2. The summed E-state index contributed by atoms with van der Waals surface area (Å²) in [5, 5.41) is 5.62. The van der Waals surface area contributed by atoms with Crippen LogP contribution in [0.2, 0.25) is 0 Å². The van der Waals surface area contributed by atoms with E-state index in [-0.39, 0.29) is 15.9 Å². The Hall–Kier alpha value is -2.49. The third-order valence-corrected chi connectivity index (χ3v) is 6.45. The molecule has 2 rings (SSSR count). The van der Waals surface area contributed by atoms with Crippen molar-refractivity contribution in [2.75, 3.05) is 25.0 Å². The van der Waals surface area contributed by atoms with Crippen molar-refractivity contribution in [2.45, 2.75) is 38.5 Å². The van der Waals surface area contributed by atoms with E-state index in [1.165, 1.54) is 16.4 Å². The number of carbonyl (C=O) groups is 1. The number of hydrogen-bond acceptors (Lipinski definition) is 5. The van der Waals surface area contributed by atoms with Crippen molar-refractivity contribution in [3.8, 4) is 5.75 Å². The van der Waals surface area contributed by atoms with Crippen molar-refractivity contribution in [2.24, 2.45) is 0 Å². The van der Waals surface area contributed by atoms with Gasteiger partial charge in [-0.05, 0) is 74.4 Å². The van der Waals surface area contributed by atoms with Crippen LogP contribution < -0.4 is 15.4 Å². The lowest BCUT2D eigenvalue weighted by Gasteiger charge is -2.21. The summed E-state index contributed by atoms with van der Waals surface area (Å²) < 4.78 is 32.6. The lowest BCUT2D eigenvalue weighted by molar-refractivity contribution is 0.0977. The highest BCUT2D eigenvalue weighted by Gasteiger charge is 2.22. The van der Waals surface area contributed by atoms with Crippen molar-refractivity contribution in [3.05, 3.63) is 54.1 Å². The zero-order valence-corrected chi connectivity index (χ0v) is 19.7. The molecule has 0 saturated carbocycles. The van der Waals surface area contributed by atoms with E-state index in [4.69, 9.17) is 17.0 Å². The highest BCUT2D eigenvalue weighted by atomic mass is 32.2. The molecular formula is C22H29N3O4S2. The fourth-order valence-electron chi connectivity index (χ4n) is 2.94. The molecule has 0 atom stereocenters. The smallest absolute Gasteiger partial charge is 0.257 e. The third kappa shape index (κ3) is 7.02. The number of nitrogens with one attached hydrogen (secondary N) is 2. The Kier molecular flexibility index (Phi) is 9.42. The fourth-order valence-corrected chi connectivity index (χ4v) is 4.78. The second-order valence-corrected chi connectivity index (χ2v) is 9.14. The Bertz CT molecular complexity index is 986. The van der Waals surface area contributed by atoms with Gasteiger partial charge in [0.05, 0.1) is 11.5 Å². The largest absolute Gasteiger partial charge is 0.494 e. The van der Waals surface area contributed by atoms with Gasteiger partial charge in [0, 0.05) is 24.3 Å². The Morgan fingerprint density at radius 2 is 1.68 bits per heavy atom. The number of nitrogens with zero attached hydrogens (tertiary/aromatic N) is 1. The number of benzene rings is 2. The van der Waals surface area contributed by atoms with Gasteiger partial charge in [-0.15, -0.1) is 0 Å². The molecule has 0 bridgehead atoms. The number of anilines is 1. The molecule has 9 heteroatoms. The summed E-state index contributed by atoms with van der Waals surface area (Å²) in [5.74, 6) is 0.235. The van der Waals surface area contributed by atoms with Crippen molar-refractivity contribution in [1.29, 1.82) is 0 Å². The zero-order valence-electron chi connectivity index (χ0n) is 18.1. The first kappa shape index (κ1) is 24.8. The van der Waals surface area contributed by atoms with Crippen LogP contribution in [0.25, 0.3) is 0 Å². The molecule has 2 aromatic carbocycles. The number of sulfonamides is 1. The van der Waals surface area contributed by atoms with Crippen LogP contribution in [0.4, 0.5) is 5.69 Å². The molecule has 0 spiro atoms. The van der Waals surface area contributed by atoms with Crippen LogP contribution in [-0.2, 0) is 10.0 Å². The topological polar surface area (TPSA) is 87.7 Å². The van der Waals surface area contributed by atoms with Crippen LogP contribution in [0.1, 0.15) is 44.0 Å². The van der Waals surface area contributed by atoms with Gasteiger partial charge in [0.25, 0.3) is 5.91 Å². The van der Waals surface area contributed by atoms with Crippen molar-refractivity contribution in [3.63, 3.8) is 0 Å². The van der Waals surface area contributed by atoms with E-state index in [2.05, 4.69) is 10.6 Å². The summed E-state index contributed by atoms with van der Waals surface area (Å²) in [6.45, 7) is 7.24. The van der Waals surface area contributed by atoms with E-state index in [1.54, 1.807) is 36.4 Å². The summed E-state index contributed by atoms with van der Waals surface area (Å²) in [6, 6.07) is 13.1. The van der Waals surface area contributed by atoms with Crippen molar-refractivity contribution in [1.82, 2.24) is 9.62 Å². The monoisotopic (exact) mass is 463 g/mol. The molecule has 168 valence electrons. The molecule has 31 heavy (non-hydrogen) atoms. The minimum atomic E-state index is -3.54. The molecule has 7 nitrogen and oxygen atoms in total. The van der Waals surface area contributed by atoms with Gasteiger partial charge in [-0.25, -0.2) is 8.42 Å². The molecule has 0 radical (unpaired) electrons. The minimum absolute atomic E-state index is 0.112. The third-order valence-electron chi connectivity index (χ3n) is 4.33. The number of amides is 1. The average Bonchev–Trinajstić information content (AvgIpc) is 2.74. The summed E-state index contributed by atoms with van der Waals surface area (Å²) in [4.78, 5) is 12.6. The van der Waals surface area contributed by atoms with E-state index >= 15 is 0 Å². The maximum atomic E-state index is 12.8. The van der Waals surface area contributed by atoms with E-state index in [0.717, 1.165) is 12.8 Å². The SMILES string of the molecule is CCCN(CCC)S(=O)(=O)c1ccc(NC(=S)NC(=O)c2cccc(OCC)c2)cc1. The number of ether oxygens (including phenoxy) is 1. The van der Waals surface area contributed by atoms with Crippen LogP contribution in [0.3, 0.4) is 0 Å². The van der Waals surface area contributed by atoms with Gasteiger partial charge in [0.15, 0.2) is 5.11 Å². The standard InChI is InChI=1S/C22H29N3O4S2/c1-4-14-25(15-5-2)31(27,28)20-12-10-18(11-13-20)23-22(30)24-21(26)17-8-7-9-19(16-17)29-6-3/h7-13,16H,4-6,14-15H2,1-3H3,(H2,23,24,26,30). The summed E-state index contributed by atoms with van der Waals surface area (Å²) in [7, 11) is -3.54. The number of carbonyl (C=O) groups excluding carboxylic acids is 1. The van der Waals surface area contributed by atoms with Gasteiger partial charge in [-0.3, -0.25) is 10.1 Å². The van der Waals surface area contributed by atoms with Crippen LogP contribution in [0, 0.1) is 0 Å². The van der Waals surface area contributed by atoms with Crippen LogP contribution in [0.15, 0.2) is 53.4 Å². The Morgan fingerprint density at radius 3 is 2.26 bits per heavy atom. The Balaban J connectivity index is 2.03. The molecular weight excluding hydrogens is 434 g/mol. The molecule has 0 aliphatic rings. The maximum absolute atomic E-state index is 12.8. The van der Waals surface area contributed by atoms with Gasteiger partial charge >= 0.3 is 0 Å². The highest BCUT2D eigenvalue weighted by Crippen LogP contribution is 2.19. The molecule has 2 aromatic rings. The van der Waals surface area contributed by atoms with Gasteiger partial charge in [-0.2, -0.15) is 4.31 Å². The zero-order chi connectivity index (χ0) is 22.9. The predicted octanol–water partition coefficient (Wildman–Crippen LogP) is 4.02. The molecule has 0 heterocycles. The summed E-state index contributed by atoms with van der Waals surface area (Å²) >= 11 is 5.21. The predicted molar refractivity (Wildman–Crippen MR) is 127 cm³/mol. The first-order chi connectivity index (χ1) is 14.8. The first-order valence-electron chi connectivity index (χ1n) is 10.3. The highest BCUT2D eigenvalue weighted by molar-refractivity contribution is 7.89. The van der Waals surface area contributed by atoms with Crippen LogP contribution >= 0.6 is 12.2 Å². The minimum Gasteiger partial charge on any atom is -0.494 e. The fraction of sp³-hybridized carbons (Fsp3) is 0.364. The lowest BCUT2D eigenvalue weighted by Crippen LogP contribution is -2.34. The Labute approximate surface area is 189 Å². The van der Waals surface area contributed by atoms with Crippen LogP contribution in [-0.4, -0.2) is 43.4 Å². The van der Waals surface area contributed by atoms with E-state index in [0.29, 0.717) is 36.7 Å². The van der Waals surface area contributed by atoms with E-state index in [9.17, 15) is 13.2 Å². The number of thiocarbonyl (C=S) groups is 1. The molecule has 0 unspecified atom stereocenters. The second-order valence-electron chi connectivity index (χ2n) is 6.80. The molecule has 0 aliphatic carbocycles. The van der Waals surface area contributed by atoms with E-state index in [1.807, 2.05) is 20.8 Å². The van der Waals surface area contributed by atoms with Gasteiger partial charge in [0.2, 0.25) is 10.0 Å². The van der Waals surface area contributed by atoms with Gasteiger partial charge < -0.3 is 10.1 Å². The van der Waals surface area contributed by atoms with Crippen LogP contribution in [0.5, 0.6) is 5.75 Å². The molecule has 0 fully saturated rings. The molecule has 1 amide bonds. The van der Waals surface area contributed by atoms with Gasteiger partial charge in [0.1, 0.15) is 5.75 Å². The molecule has 2 N–H and O–H groups in total. The lowest BCUT2D eigenvalue weighted by atomic mass is 10.2. The Morgan fingerprint density at radius 1 is 1.03 bits per heavy atom. The molecule has 0 aliphatic heterocycles. The number of rotatable bonds is 10. The second kappa shape index (κ2) is 11.8. The summed E-state index contributed by atoms with van der Waals surface area (Å²) in [5.41, 5.74) is 0.994.